The third kappa shape index (κ3) is 5.35. The van der Waals surface area contributed by atoms with Gasteiger partial charge in [-0.25, -0.2) is 4.79 Å². The van der Waals surface area contributed by atoms with E-state index >= 15 is 0 Å². The first kappa shape index (κ1) is 19.5. The quantitative estimate of drug-likeness (QED) is 0.448. The number of nitrogens with zero attached hydrogens (tertiary/aromatic N) is 2. The van der Waals surface area contributed by atoms with Crippen LogP contribution in [-0.2, 0) is 0 Å². The van der Waals surface area contributed by atoms with Crippen molar-refractivity contribution in [3.05, 3.63) is 69.2 Å². The Balaban J connectivity index is 1.83. The van der Waals surface area contributed by atoms with Crippen LogP contribution in [0.4, 0.5) is 10.5 Å². The van der Waals surface area contributed by atoms with Gasteiger partial charge in [-0.3, -0.25) is 10.1 Å². The summed E-state index contributed by atoms with van der Waals surface area (Å²) in [5.41, 5.74) is 0.689. The highest BCUT2D eigenvalue weighted by atomic mass is 35.5. The zero-order chi connectivity index (χ0) is 19.1. The summed E-state index contributed by atoms with van der Waals surface area (Å²) in [5.74, 6) is 0.668. The zero-order valence-electron chi connectivity index (χ0n) is 14.5. The van der Waals surface area contributed by atoms with Gasteiger partial charge in [0.2, 0.25) is 0 Å². The van der Waals surface area contributed by atoms with Crippen molar-refractivity contribution in [1.29, 1.82) is 0 Å². The van der Waals surface area contributed by atoms with E-state index in [1.54, 1.807) is 43.4 Å². The molecule has 2 rings (SSSR count). The average molecular weight is 378 g/mol. The Morgan fingerprint density at radius 1 is 1.31 bits per heavy atom. The molecule has 0 saturated heterocycles. The monoisotopic (exact) mass is 377 g/mol. The molecule has 2 amide bonds. The van der Waals surface area contributed by atoms with Gasteiger partial charge >= 0.3 is 6.03 Å². The van der Waals surface area contributed by atoms with E-state index in [-0.39, 0.29) is 17.8 Å². The van der Waals surface area contributed by atoms with E-state index in [2.05, 4.69) is 5.32 Å². The molecule has 1 atom stereocenters. The number of urea groups is 1. The first-order valence-electron chi connectivity index (χ1n) is 8.02. The maximum absolute atomic E-state index is 12.2. The van der Waals surface area contributed by atoms with Crippen LogP contribution in [0, 0.1) is 10.1 Å². The Labute approximate surface area is 156 Å². The minimum atomic E-state index is -0.454. The van der Waals surface area contributed by atoms with Crippen LogP contribution in [0.25, 0.3) is 0 Å². The molecule has 0 aliphatic heterocycles. The Morgan fingerprint density at radius 3 is 2.65 bits per heavy atom. The number of amides is 2. The topological polar surface area (TPSA) is 84.7 Å². The Bertz CT molecular complexity index is 767. The van der Waals surface area contributed by atoms with Gasteiger partial charge in [-0.1, -0.05) is 23.7 Å². The van der Waals surface area contributed by atoms with Crippen molar-refractivity contribution in [2.75, 3.05) is 20.2 Å². The van der Waals surface area contributed by atoms with Crippen molar-refractivity contribution in [3.8, 4) is 5.75 Å². The van der Waals surface area contributed by atoms with Gasteiger partial charge in [0, 0.05) is 24.2 Å². The highest BCUT2D eigenvalue weighted by Crippen LogP contribution is 2.23. The minimum absolute atomic E-state index is 0.000442. The van der Waals surface area contributed by atoms with Crippen molar-refractivity contribution >= 4 is 23.3 Å². The number of rotatable bonds is 7. The standard InChI is InChI=1S/C18H20ClN3O4/c1-13(14-4-3-5-16(12-14)22(24)25)21(2)18(23)20-10-11-26-17-8-6-15(19)7-9-17/h3-9,12-13H,10-11H2,1-2H3,(H,20,23)/t13-/m0/s1. The summed E-state index contributed by atoms with van der Waals surface area (Å²) in [6, 6.07) is 12.6. The average Bonchev–Trinajstić information content (AvgIpc) is 2.65. The zero-order valence-corrected chi connectivity index (χ0v) is 15.3. The van der Waals surface area contributed by atoms with E-state index in [1.165, 1.54) is 17.0 Å². The first-order chi connectivity index (χ1) is 12.4. The predicted molar refractivity (Wildman–Crippen MR) is 99.6 cm³/mol. The van der Waals surface area contributed by atoms with E-state index < -0.39 is 4.92 Å². The summed E-state index contributed by atoms with van der Waals surface area (Å²) in [5, 5.41) is 14.3. The summed E-state index contributed by atoms with van der Waals surface area (Å²) >= 11 is 5.80. The molecule has 0 fully saturated rings. The fourth-order valence-corrected chi connectivity index (χ4v) is 2.41. The minimum Gasteiger partial charge on any atom is -0.492 e. The van der Waals surface area contributed by atoms with Crippen LogP contribution >= 0.6 is 11.6 Å². The van der Waals surface area contributed by atoms with Crippen LogP contribution in [0.5, 0.6) is 5.75 Å². The molecular formula is C18H20ClN3O4. The molecular weight excluding hydrogens is 358 g/mol. The van der Waals surface area contributed by atoms with E-state index in [4.69, 9.17) is 16.3 Å². The number of nitro benzene ring substituents is 1. The van der Waals surface area contributed by atoms with Gasteiger partial charge in [0.1, 0.15) is 12.4 Å². The Morgan fingerprint density at radius 2 is 2.00 bits per heavy atom. The van der Waals surface area contributed by atoms with E-state index in [1.807, 2.05) is 6.92 Å². The lowest BCUT2D eigenvalue weighted by Crippen LogP contribution is -2.40. The lowest BCUT2D eigenvalue weighted by Gasteiger charge is -2.25. The number of non-ortho nitro benzene ring substituents is 1. The van der Waals surface area contributed by atoms with E-state index in [0.29, 0.717) is 29.5 Å². The molecule has 2 aromatic rings. The Kier molecular flexibility index (Phi) is 6.80. The molecule has 26 heavy (non-hydrogen) atoms. The molecule has 0 bridgehead atoms. The van der Waals surface area contributed by atoms with Gasteiger partial charge in [-0.05, 0) is 36.8 Å². The van der Waals surface area contributed by atoms with Gasteiger partial charge in [0.05, 0.1) is 17.5 Å². The summed E-state index contributed by atoms with van der Waals surface area (Å²) in [6.45, 7) is 2.45. The third-order valence-corrected chi connectivity index (χ3v) is 4.18. The number of carbonyl (C=O) groups excluding carboxylic acids is 1. The summed E-state index contributed by atoms with van der Waals surface area (Å²) in [4.78, 5) is 24.2. The number of halogens is 1. The van der Waals surface area contributed by atoms with Gasteiger partial charge in [-0.15, -0.1) is 0 Å². The second-order valence-electron chi connectivity index (χ2n) is 5.67. The predicted octanol–water partition coefficient (Wildman–Crippen LogP) is 4.03. The SMILES string of the molecule is C[C@@H](c1cccc([N+](=O)[O-])c1)N(C)C(=O)NCCOc1ccc(Cl)cc1. The molecule has 0 aliphatic rings. The van der Waals surface area contributed by atoms with Crippen molar-refractivity contribution in [3.63, 3.8) is 0 Å². The number of nitro groups is 1. The highest BCUT2D eigenvalue weighted by molar-refractivity contribution is 6.30. The van der Waals surface area contributed by atoms with Crippen LogP contribution in [0.1, 0.15) is 18.5 Å². The Hall–Kier alpha value is -2.80. The maximum atomic E-state index is 12.2. The second-order valence-corrected chi connectivity index (χ2v) is 6.11. The molecule has 138 valence electrons. The van der Waals surface area contributed by atoms with E-state index in [9.17, 15) is 14.9 Å². The molecule has 0 radical (unpaired) electrons. The molecule has 1 N–H and O–H groups in total. The van der Waals surface area contributed by atoms with Crippen molar-refractivity contribution < 1.29 is 14.5 Å². The van der Waals surface area contributed by atoms with Crippen LogP contribution in [0.2, 0.25) is 5.02 Å². The van der Waals surface area contributed by atoms with Crippen LogP contribution < -0.4 is 10.1 Å². The molecule has 7 nitrogen and oxygen atoms in total. The van der Waals surface area contributed by atoms with Crippen LogP contribution in [0.3, 0.4) is 0 Å². The van der Waals surface area contributed by atoms with Crippen molar-refractivity contribution in [1.82, 2.24) is 10.2 Å². The number of hydrogen-bond acceptors (Lipinski definition) is 4. The normalized spacial score (nSPS) is 11.5. The molecule has 0 unspecified atom stereocenters. The molecule has 0 saturated carbocycles. The van der Waals surface area contributed by atoms with Gasteiger partial charge in [-0.2, -0.15) is 0 Å². The number of ether oxygens (including phenoxy) is 1. The third-order valence-electron chi connectivity index (χ3n) is 3.93. The molecule has 8 heteroatoms. The summed E-state index contributed by atoms with van der Waals surface area (Å²) in [7, 11) is 1.64. The van der Waals surface area contributed by atoms with Crippen LogP contribution in [0.15, 0.2) is 48.5 Å². The van der Waals surface area contributed by atoms with Crippen molar-refractivity contribution in [2.45, 2.75) is 13.0 Å². The lowest BCUT2D eigenvalue weighted by atomic mass is 10.1. The van der Waals surface area contributed by atoms with Gasteiger partial charge in [0.25, 0.3) is 5.69 Å². The largest absolute Gasteiger partial charge is 0.492 e. The summed E-state index contributed by atoms with van der Waals surface area (Å²) in [6.07, 6.45) is 0. The fraction of sp³-hybridized carbons (Fsp3) is 0.278. The second kappa shape index (κ2) is 9.05. The maximum Gasteiger partial charge on any atom is 0.317 e. The van der Waals surface area contributed by atoms with Crippen LogP contribution in [-0.4, -0.2) is 36.1 Å². The number of carbonyl (C=O) groups is 1. The van der Waals surface area contributed by atoms with E-state index in [0.717, 1.165) is 0 Å². The van der Waals surface area contributed by atoms with Crippen molar-refractivity contribution in [2.24, 2.45) is 0 Å². The van der Waals surface area contributed by atoms with Gasteiger partial charge in [0.15, 0.2) is 0 Å². The number of benzene rings is 2. The highest BCUT2D eigenvalue weighted by Gasteiger charge is 2.19. The number of hydrogen-bond donors (Lipinski definition) is 1. The summed E-state index contributed by atoms with van der Waals surface area (Å²) < 4.78 is 5.51. The smallest absolute Gasteiger partial charge is 0.317 e. The molecule has 0 aromatic heterocycles. The molecule has 0 spiro atoms. The lowest BCUT2D eigenvalue weighted by molar-refractivity contribution is -0.384. The molecule has 2 aromatic carbocycles. The number of nitrogens with one attached hydrogen (secondary N) is 1. The molecule has 0 heterocycles. The fourth-order valence-electron chi connectivity index (χ4n) is 2.28. The van der Waals surface area contributed by atoms with Gasteiger partial charge < -0.3 is 15.0 Å². The first-order valence-corrected chi connectivity index (χ1v) is 8.39. The molecule has 0 aliphatic carbocycles.